The number of rotatable bonds is 10. The van der Waals surface area contributed by atoms with Crippen molar-refractivity contribution in [2.24, 2.45) is 0 Å². The Balaban J connectivity index is 1.94. The maximum Gasteiger partial charge on any atom is 0.221 e. The maximum absolute atomic E-state index is 11.9. The lowest BCUT2D eigenvalue weighted by Gasteiger charge is -2.25. The number of benzene rings is 1. The standard InChI is InChI=1S/C18H25ClN4O2S/c1-13(2)23(10-8-17(24)20-9-11-25-3)18-21-16(22-26-18)12-14-4-6-15(19)7-5-14/h4-7,13H,8-12H2,1-3H3,(H,20,24). The number of halogens is 1. The quantitative estimate of drug-likeness (QED) is 0.625. The second kappa shape index (κ2) is 10.4. The lowest BCUT2D eigenvalue weighted by molar-refractivity contribution is -0.121. The van der Waals surface area contributed by atoms with Gasteiger partial charge in [0.25, 0.3) is 0 Å². The SMILES string of the molecule is COCCNC(=O)CCN(c1nc(Cc2ccc(Cl)cc2)ns1)C(C)C. The number of ether oxygens (including phenoxy) is 1. The highest BCUT2D eigenvalue weighted by Crippen LogP contribution is 2.22. The molecule has 0 saturated carbocycles. The fourth-order valence-electron chi connectivity index (χ4n) is 2.40. The Morgan fingerprint density at radius 2 is 2.08 bits per heavy atom. The summed E-state index contributed by atoms with van der Waals surface area (Å²) in [7, 11) is 1.61. The third-order valence-electron chi connectivity index (χ3n) is 3.81. The summed E-state index contributed by atoms with van der Waals surface area (Å²) in [6.07, 6.45) is 1.07. The lowest BCUT2D eigenvalue weighted by atomic mass is 10.1. The van der Waals surface area contributed by atoms with Gasteiger partial charge in [-0.15, -0.1) is 0 Å². The molecule has 142 valence electrons. The van der Waals surface area contributed by atoms with Crippen LogP contribution in [-0.4, -0.2) is 48.1 Å². The normalized spacial score (nSPS) is 11.0. The van der Waals surface area contributed by atoms with Crippen LogP contribution in [0, 0.1) is 0 Å². The van der Waals surface area contributed by atoms with Crippen molar-refractivity contribution in [3.05, 3.63) is 40.7 Å². The lowest BCUT2D eigenvalue weighted by Crippen LogP contribution is -2.36. The third kappa shape index (κ3) is 6.55. The van der Waals surface area contributed by atoms with Crippen LogP contribution < -0.4 is 10.2 Å². The van der Waals surface area contributed by atoms with Crippen molar-refractivity contribution in [2.75, 3.05) is 31.7 Å². The minimum absolute atomic E-state index is 0.0126. The molecule has 1 aromatic carbocycles. The van der Waals surface area contributed by atoms with Crippen LogP contribution in [0.2, 0.25) is 5.02 Å². The van der Waals surface area contributed by atoms with E-state index in [-0.39, 0.29) is 11.9 Å². The Labute approximate surface area is 163 Å². The van der Waals surface area contributed by atoms with Crippen molar-refractivity contribution in [1.29, 1.82) is 0 Å². The molecule has 0 aliphatic heterocycles. The van der Waals surface area contributed by atoms with Gasteiger partial charge >= 0.3 is 0 Å². The summed E-state index contributed by atoms with van der Waals surface area (Å²) in [6, 6.07) is 7.93. The van der Waals surface area contributed by atoms with Gasteiger partial charge in [0.15, 0.2) is 0 Å². The first-order valence-electron chi connectivity index (χ1n) is 8.59. The van der Waals surface area contributed by atoms with Gasteiger partial charge < -0.3 is 15.0 Å². The average molecular weight is 397 g/mol. The van der Waals surface area contributed by atoms with Crippen LogP contribution in [0.4, 0.5) is 5.13 Å². The van der Waals surface area contributed by atoms with Gasteiger partial charge in [-0.2, -0.15) is 4.37 Å². The summed E-state index contributed by atoms with van der Waals surface area (Å²) >= 11 is 7.29. The molecule has 0 aliphatic rings. The molecule has 6 nitrogen and oxygen atoms in total. The van der Waals surface area contributed by atoms with Gasteiger partial charge in [0, 0.05) is 55.6 Å². The van der Waals surface area contributed by atoms with Crippen molar-refractivity contribution < 1.29 is 9.53 Å². The Morgan fingerprint density at radius 3 is 2.73 bits per heavy atom. The molecule has 0 bridgehead atoms. The number of aromatic nitrogens is 2. The monoisotopic (exact) mass is 396 g/mol. The number of carbonyl (C=O) groups excluding carboxylic acids is 1. The predicted molar refractivity (Wildman–Crippen MR) is 106 cm³/mol. The zero-order valence-corrected chi connectivity index (χ0v) is 16.9. The molecular weight excluding hydrogens is 372 g/mol. The molecule has 0 saturated heterocycles. The molecule has 26 heavy (non-hydrogen) atoms. The molecule has 0 spiro atoms. The fourth-order valence-corrected chi connectivity index (χ4v) is 3.37. The van der Waals surface area contributed by atoms with Gasteiger partial charge in [0.2, 0.25) is 11.0 Å². The fraction of sp³-hybridized carbons (Fsp3) is 0.500. The highest BCUT2D eigenvalue weighted by atomic mass is 35.5. The van der Waals surface area contributed by atoms with Crippen LogP contribution in [0.3, 0.4) is 0 Å². The van der Waals surface area contributed by atoms with Crippen LogP contribution in [-0.2, 0) is 16.0 Å². The van der Waals surface area contributed by atoms with Gasteiger partial charge in [0.1, 0.15) is 5.82 Å². The molecule has 2 rings (SSSR count). The van der Waals surface area contributed by atoms with Crippen molar-refractivity contribution in [3.8, 4) is 0 Å². The van der Waals surface area contributed by atoms with Crippen molar-refractivity contribution in [3.63, 3.8) is 0 Å². The van der Waals surface area contributed by atoms with E-state index in [1.165, 1.54) is 11.5 Å². The number of carbonyl (C=O) groups is 1. The largest absolute Gasteiger partial charge is 0.383 e. The molecule has 8 heteroatoms. The Hall–Kier alpha value is -1.70. The summed E-state index contributed by atoms with van der Waals surface area (Å²) in [4.78, 5) is 18.7. The number of nitrogens with one attached hydrogen (secondary N) is 1. The van der Waals surface area contributed by atoms with E-state index in [1.54, 1.807) is 7.11 Å². The molecule has 2 aromatic rings. The van der Waals surface area contributed by atoms with Gasteiger partial charge in [-0.25, -0.2) is 4.98 Å². The molecule has 0 unspecified atom stereocenters. The van der Waals surface area contributed by atoms with Crippen molar-refractivity contribution in [2.45, 2.75) is 32.7 Å². The summed E-state index contributed by atoms with van der Waals surface area (Å²) in [5.41, 5.74) is 1.12. The van der Waals surface area contributed by atoms with E-state index in [4.69, 9.17) is 16.3 Å². The zero-order valence-electron chi connectivity index (χ0n) is 15.4. The van der Waals surface area contributed by atoms with E-state index in [1.807, 2.05) is 24.3 Å². The van der Waals surface area contributed by atoms with Crippen molar-refractivity contribution in [1.82, 2.24) is 14.7 Å². The topological polar surface area (TPSA) is 67.3 Å². The molecule has 1 amide bonds. The Kier molecular flexibility index (Phi) is 8.28. The summed E-state index contributed by atoms with van der Waals surface area (Å²) in [6.45, 7) is 5.82. The zero-order chi connectivity index (χ0) is 18.9. The first-order chi connectivity index (χ1) is 12.5. The second-order valence-electron chi connectivity index (χ2n) is 6.18. The second-order valence-corrected chi connectivity index (χ2v) is 7.34. The molecule has 1 aromatic heterocycles. The summed E-state index contributed by atoms with van der Waals surface area (Å²) in [5.74, 6) is 0.793. The summed E-state index contributed by atoms with van der Waals surface area (Å²) in [5, 5.41) is 4.40. The number of methoxy groups -OCH3 is 1. The van der Waals surface area contributed by atoms with E-state index >= 15 is 0 Å². The molecule has 1 heterocycles. The third-order valence-corrected chi connectivity index (χ3v) is 4.85. The van der Waals surface area contributed by atoms with E-state index in [0.29, 0.717) is 32.5 Å². The van der Waals surface area contributed by atoms with Crippen LogP contribution in [0.5, 0.6) is 0 Å². The first kappa shape index (κ1) is 20.6. The van der Waals surface area contributed by atoms with E-state index in [2.05, 4.69) is 33.4 Å². The highest BCUT2D eigenvalue weighted by Gasteiger charge is 2.17. The first-order valence-corrected chi connectivity index (χ1v) is 9.74. The van der Waals surface area contributed by atoms with Gasteiger partial charge in [0.05, 0.1) is 6.61 Å². The predicted octanol–water partition coefficient (Wildman–Crippen LogP) is 3.15. The summed E-state index contributed by atoms with van der Waals surface area (Å²) < 4.78 is 9.40. The maximum atomic E-state index is 11.9. The van der Waals surface area contributed by atoms with Crippen molar-refractivity contribution >= 4 is 34.2 Å². The Morgan fingerprint density at radius 1 is 1.35 bits per heavy atom. The van der Waals surface area contributed by atoms with Crippen LogP contribution in [0.15, 0.2) is 24.3 Å². The van der Waals surface area contributed by atoms with Gasteiger partial charge in [-0.05, 0) is 31.5 Å². The molecule has 0 atom stereocenters. The minimum Gasteiger partial charge on any atom is -0.383 e. The number of hydrogen-bond donors (Lipinski definition) is 1. The average Bonchev–Trinajstić information content (AvgIpc) is 3.05. The molecule has 1 N–H and O–H groups in total. The van der Waals surface area contributed by atoms with E-state index in [0.717, 1.165) is 21.5 Å². The van der Waals surface area contributed by atoms with E-state index in [9.17, 15) is 4.79 Å². The number of nitrogens with zero attached hydrogens (tertiary/aromatic N) is 3. The molecule has 0 aliphatic carbocycles. The van der Waals surface area contributed by atoms with E-state index < -0.39 is 0 Å². The number of hydrogen-bond acceptors (Lipinski definition) is 6. The minimum atomic E-state index is 0.0126. The highest BCUT2D eigenvalue weighted by molar-refractivity contribution is 7.09. The molecular formula is C18H25ClN4O2S. The number of anilines is 1. The van der Waals surface area contributed by atoms with Crippen LogP contribution in [0.1, 0.15) is 31.7 Å². The van der Waals surface area contributed by atoms with Crippen LogP contribution in [0.25, 0.3) is 0 Å². The van der Waals surface area contributed by atoms with Gasteiger partial charge in [-0.1, -0.05) is 23.7 Å². The molecule has 0 fully saturated rings. The Bertz CT molecular complexity index is 691. The number of amides is 1. The van der Waals surface area contributed by atoms with Gasteiger partial charge in [-0.3, -0.25) is 4.79 Å². The van der Waals surface area contributed by atoms with Crippen LogP contribution >= 0.6 is 23.1 Å². The smallest absolute Gasteiger partial charge is 0.221 e. The molecule has 0 radical (unpaired) electrons.